The topological polar surface area (TPSA) is 108 Å². The number of amides is 2. The van der Waals surface area contributed by atoms with Crippen LogP contribution in [0.25, 0.3) is 0 Å². The molecule has 8 nitrogen and oxygen atoms in total. The normalized spacial score (nSPS) is 26.8. The molecule has 120 valence electrons. The number of aliphatic hydroxyl groups is 1. The van der Waals surface area contributed by atoms with E-state index in [0.29, 0.717) is 19.7 Å². The monoisotopic (exact) mass is 302 g/mol. The van der Waals surface area contributed by atoms with Crippen molar-refractivity contribution >= 4 is 12.0 Å². The Labute approximate surface area is 123 Å². The van der Waals surface area contributed by atoms with E-state index >= 15 is 0 Å². The first-order valence-corrected chi connectivity index (χ1v) is 7.20. The van der Waals surface area contributed by atoms with Crippen molar-refractivity contribution in [3.63, 3.8) is 0 Å². The number of likely N-dealkylation sites (tertiary alicyclic amines) is 1. The molecule has 2 unspecified atom stereocenters. The SMILES string of the molecule is O=C(O)C1COCC1NC(=O)N1CCC(OCCO)CC1. The van der Waals surface area contributed by atoms with E-state index in [1.807, 2.05) is 0 Å². The first-order valence-electron chi connectivity index (χ1n) is 7.20. The Balaban J connectivity index is 1.76. The van der Waals surface area contributed by atoms with Gasteiger partial charge in [0.15, 0.2) is 0 Å². The van der Waals surface area contributed by atoms with Crippen LogP contribution in [-0.2, 0) is 14.3 Å². The highest BCUT2D eigenvalue weighted by Gasteiger charge is 2.36. The van der Waals surface area contributed by atoms with Gasteiger partial charge in [0.05, 0.1) is 38.6 Å². The molecule has 0 aliphatic carbocycles. The molecule has 2 amide bonds. The van der Waals surface area contributed by atoms with Gasteiger partial charge in [-0.15, -0.1) is 0 Å². The van der Waals surface area contributed by atoms with Gasteiger partial charge in [-0.1, -0.05) is 0 Å². The molecule has 2 atom stereocenters. The molecule has 2 fully saturated rings. The molecule has 0 bridgehead atoms. The number of carboxylic acids is 1. The average molecular weight is 302 g/mol. The van der Waals surface area contributed by atoms with Crippen LogP contribution in [0.2, 0.25) is 0 Å². The van der Waals surface area contributed by atoms with Gasteiger partial charge in [-0.05, 0) is 12.8 Å². The highest BCUT2D eigenvalue weighted by molar-refractivity contribution is 5.77. The van der Waals surface area contributed by atoms with Gasteiger partial charge < -0.3 is 29.9 Å². The van der Waals surface area contributed by atoms with Crippen LogP contribution in [0.1, 0.15) is 12.8 Å². The highest BCUT2D eigenvalue weighted by Crippen LogP contribution is 2.17. The van der Waals surface area contributed by atoms with E-state index < -0.39 is 17.9 Å². The summed E-state index contributed by atoms with van der Waals surface area (Å²) in [5.41, 5.74) is 0. The molecule has 0 radical (unpaired) electrons. The summed E-state index contributed by atoms with van der Waals surface area (Å²) in [5, 5.41) is 20.5. The van der Waals surface area contributed by atoms with Crippen molar-refractivity contribution < 1.29 is 29.3 Å². The highest BCUT2D eigenvalue weighted by atomic mass is 16.5. The number of hydrogen-bond donors (Lipinski definition) is 3. The van der Waals surface area contributed by atoms with Gasteiger partial charge in [0, 0.05) is 13.1 Å². The lowest BCUT2D eigenvalue weighted by Gasteiger charge is -2.32. The van der Waals surface area contributed by atoms with E-state index in [1.54, 1.807) is 4.90 Å². The number of nitrogens with zero attached hydrogens (tertiary/aromatic N) is 1. The van der Waals surface area contributed by atoms with Gasteiger partial charge in [-0.25, -0.2) is 4.79 Å². The Hall–Kier alpha value is -1.38. The van der Waals surface area contributed by atoms with E-state index in [2.05, 4.69) is 5.32 Å². The largest absolute Gasteiger partial charge is 0.481 e. The Bertz CT molecular complexity index is 370. The fraction of sp³-hybridized carbons (Fsp3) is 0.846. The Morgan fingerprint density at radius 1 is 1.29 bits per heavy atom. The van der Waals surface area contributed by atoms with Crippen LogP contribution in [0.3, 0.4) is 0 Å². The van der Waals surface area contributed by atoms with E-state index in [4.69, 9.17) is 19.7 Å². The maximum absolute atomic E-state index is 12.1. The lowest BCUT2D eigenvalue weighted by atomic mass is 10.0. The molecule has 2 aliphatic rings. The van der Waals surface area contributed by atoms with E-state index in [0.717, 1.165) is 12.8 Å². The Morgan fingerprint density at radius 3 is 2.62 bits per heavy atom. The zero-order valence-electron chi connectivity index (χ0n) is 11.9. The van der Waals surface area contributed by atoms with Crippen LogP contribution in [0, 0.1) is 5.92 Å². The fourth-order valence-electron chi connectivity index (χ4n) is 2.63. The zero-order valence-corrected chi connectivity index (χ0v) is 11.9. The van der Waals surface area contributed by atoms with Crippen molar-refractivity contribution in [2.24, 2.45) is 5.92 Å². The van der Waals surface area contributed by atoms with Gasteiger partial charge in [-0.3, -0.25) is 4.79 Å². The molecule has 0 aromatic heterocycles. The first-order chi connectivity index (χ1) is 10.1. The summed E-state index contributed by atoms with van der Waals surface area (Å²) in [6.45, 7) is 1.81. The standard InChI is InChI=1S/C13H22N2O6/c16-5-6-21-9-1-3-15(4-2-9)13(19)14-11-8-20-7-10(11)12(17)18/h9-11,16H,1-8H2,(H,14,19)(H,17,18). The number of urea groups is 1. The van der Waals surface area contributed by atoms with Crippen LogP contribution in [-0.4, -0.2) is 78.8 Å². The molecule has 21 heavy (non-hydrogen) atoms. The third-order valence-corrected chi connectivity index (χ3v) is 3.88. The van der Waals surface area contributed by atoms with Crippen molar-refractivity contribution in [3.8, 4) is 0 Å². The third kappa shape index (κ3) is 4.29. The number of carbonyl (C=O) groups is 2. The number of aliphatic hydroxyl groups excluding tert-OH is 1. The zero-order chi connectivity index (χ0) is 15.2. The maximum Gasteiger partial charge on any atom is 0.317 e. The van der Waals surface area contributed by atoms with Crippen molar-refractivity contribution in [2.45, 2.75) is 25.0 Å². The van der Waals surface area contributed by atoms with Crippen molar-refractivity contribution in [3.05, 3.63) is 0 Å². The third-order valence-electron chi connectivity index (χ3n) is 3.88. The number of carboxylic acid groups (broad SMARTS) is 1. The molecule has 2 heterocycles. The number of aliphatic carboxylic acids is 1. The Kier molecular flexibility index (Phi) is 5.77. The van der Waals surface area contributed by atoms with Gasteiger partial charge >= 0.3 is 12.0 Å². The Morgan fingerprint density at radius 2 is 2.00 bits per heavy atom. The van der Waals surface area contributed by atoms with Crippen molar-refractivity contribution in [2.75, 3.05) is 39.5 Å². The molecule has 8 heteroatoms. The average Bonchev–Trinajstić information content (AvgIpc) is 2.94. The van der Waals surface area contributed by atoms with E-state index in [9.17, 15) is 9.59 Å². The lowest BCUT2D eigenvalue weighted by Crippen LogP contribution is -2.51. The van der Waals surface area contributed by atoms with Gasteiger partial charge in [0.2, 0.25) is 0 Å². The summed E-state index contributed by atoms with van der Waals surface area (Å²) in [7, 11) is 0. The van der Waals surface area contributed by atoms with Crippen LogP contribution >= 0.6 is 0 Å². The van der Waals surface area contributed by atoms with Crippen molar-refractivity contribution in [1.82, 2.24) is 10.2 Å². The van der Waals surface area contributed by atoms with Crippen LogP contribution in [0.4, 0.5) is 4.79 Å². The predicted octanol–water partition coefficient (Wildman–Crippen LogP) is -0.731. The van der Waals surface area contributed by atoms with Gasteiger partial charge in [0.1, 0.15) is 5.92 Å². The number of hydrogen-bond acceptors (Lipinski definition) is 5. The van der Waals surface area contributed by atoms with Crippen molar-refractivity contribution in [1.29, 1.82) is 0 Å². The van der Waals surface area contributed by atoms with E-state index in [1.165, 1.54) is 0 Å². The smallest absolute Gasteiger partial charge is 0.317 e. The summed E-state index contributed by atoms with van der Waals surface area (Å²) in [4.78, 5) is 24.8. The summed E-state index contributed by atoms with van der Waals surface area (Å²) in [6.07, 6.45) is 1.51. The molecular formula is C13H22N2O6. The second kappa shape index (κ2) is 7.58. The second-order valence-electron chi connectivity index (χ2n) is 5.32. The predicted molar refractivity (Wildman–Crippen MR) is 71.9 cm³/mol. The van der Waals surface area contributed by atoms with E-state index in [-0.39, 0.29) is 32.0 Å². The van der Waals surface area contributed by atoms with Gasteiger partial charge in [-0.2, -0.15) is 0 Å². The molecule has 2 rings (SSSR count). The molecule has 0 aromatic carbocycles. The number of ether oxygens (including phenoxy) is 2. The molecule has 2 saturated heterocycles. The summed E-state index contributed by atoms with van der Waals surface area (Å²) in [6, 6.07) is -0.726. The molecule has 3 N–H and O–H groups in total. The second-order valence-corrected chi connectivity index (χ2v) is 5.32. The van der Waals surface area contributed by atoms with Crippen LogP contribution in [0.5, 0.6) is 0 Å². The molecule has 2 aliphatic heterocycles. The number of carbonyl (C=O) groups excluding carboxylic acids is 1. The van der Waals surface area contributed by atoms with Crippen LogP contribution < -0.4 is 5.32 Å². The molecule has 0 saturated carbocycles. The number of piperidine rings is 1. The quantitative estimate of drug-likeness (QED) is 0.618. The van der Waals surface area contributed by atoms with Crippen LogP contribution in [0.15, 0.2) is 0 Å². The molecular weight excluding hydrogens is 280 g/mol. The number of nitrogens with one attached hydrogen (secondary N) is 1. The minimum absolute atomic E-state index is 0.00103. The number of rotatable bonds is 5. The summed E-state index contributed by atoms with van der Waals surface area (Å²) in [5.74, 6) is -1.63. The first kappa shape index (κ1) is 16.0. The van der Waals surface area contributed by atoms with Gasteiger partial charge in [0.25, 0.3) is 0 Å². The summed E-state index contributed by atoms with van der Waals surface area (Å²) < 4.78 is 10.6. The lowest BCUT2D eigenvalue weighted by molar-refractivity contribution is -0.142. The molecule has 0 aromatic rings. The minimum atomic E-state index is -0.950. The summed E-state index contributed by atoms with van der Waals surface area (Å²) >= 11 is 0. The minimum Gasteiger partial charge on any atom is -0.481 e. The molecule has 0 spiro atoms. The maximum atomic E-state index is 12.1. The fourth-order valence-corrected chi connectivity index (χ4v) is 2.63.